The molecule has 1 aliphatic heterocycles. The molecule has 3 atom stereocenters. The van der Waals surface area contributed by atoms with Crippen LogP contribution < -0.4 is 11.1 Å². The maximum Gasteiger partial charge on any atom is 0.0198 e. The summed E-state index contributed by atoms with van der Waals surface area (Å²) in [6.45, 7) is 5.98. The lowest BCUT2D eigenvalue weighted by Crippen LogP contribution is -2.48. The Hall–Kier alpha value is -0.120. The van der Waals surface area contributed by atoms with E-state index in [0.717, 1.165) is 0 Å². The zero-order valence-electron chi connectivity index (χ0n) is 9.91. The number of hydrogen-bond donors (Lipinski definition) is 2. The Kier molecular flexibility index (Phi) is 4.00. The highest BCUT2D eigenvalue weighted by Crippen LogP contribution is 2.19. The Morgan fingerprint density at radius 3 is 2.80 bits per heavy atom. The van der Waals surface area contributed by atoms with Gasteiger partial charge in [0.05, 0.1) is 0 Å². The zero-order valence-corrected chi connectivity index (χ0v) is 9.91. The fourth-order valence-corrected chi connectivity index (χ4v) is 2.98. The molecule has 2 fully saturated rings. The van der Waals surface area contributed by atoms with Gasteiger partial charge >= 0.3 is 0 Å². The lowest BCUT2D eigenvalue weighted by molar-refractivity contribution is 0.190. The van der Waals surface area contributed by atoms with Crippen LogP contribution in [0, 0.1) is 0 Å². The van der Waals surface area contributed by atoms with Crippen molar-refractivity contribution in [3.05, 3.63) is 0 Å². The van der Waals surface area contributed by atoms with Crippen LogP contribution in [0.5, 0.6) is 0 Å². The molecule has 0 spiro atoms. The van der Waals surface area contributed by atoms with Crippen LogP contribution >= 0.6 is 0 Å². The van der Waals surface area contributed by atoms with Gasteiger partial charge in [0.25, 0.3) is 0 Å². The molecule has 2 rings (SSSR count). The summed E-state index contributed by atoms with van der Waals surface area (Å²) in [6, 6.07) is 1.86. The molecule has 0 aromatic heterocycles. The molecule has 3 nitrogen and oxygen atoms in total. The predicted octanol–water partition coefficient (Wildman–Crippen LogP) is 0.940. The summed E-state index contributed by atoms with van der Waals surface area (Å²) in [7, 11) is 0. The van der Waals surface area contributed by atoms with E-state index in [-0.39, 0.29) is 0 Å². The zero-order chi connectivity index (χ0) is 10.7. The van der Waals surface area contributed by atoms with Gasteiger partial charge in [0, 0.05) is 24.7 Å². The third-order valence-corrected chi connectivity index (χ3v) is 3.90. The summed E-state index contributed by atoms with van der Waals surface area (Å²) in [4.78, 5) is 2.55. The van der Waals surface area contributed by atoms with Crippen molar-refractivity contribution >= 4 is 0 Å². The molecule has 3 unspecified atom stereocenters. The number of nitrogens with zero attached hydrogens (tertiary/aromatic N) is 1. The van der Waals surface area contributed by atoms with E-state index in [1.807, 2.05) is 0 Å². The second kappa shape index (κ2) is 5.28. The lowest BCUT2D eigenvalue weighted by Gasteiger charge is -2.34. The van der Waals surface area contributed by atoms with E-state index in [0.29, 0.717) is 18.1 Å². The summed E-state index contributed by atoms with van der Waals surface area (Å²) in [5.74, 6) is 0. The number of nitrogens with two attached hydrogens (primary N) is 1. The highest BCUT2D eigenvalue weighted by Gasteiger charge is 2.26. The van der Waals surface area contributed by atoms with Gasteiger partial charge in [-0.05, 0) is 45.2 Å². The smallest absolute Gasteiger partial charge is 0.0198 e. The van der Waals surface area contributed by atoms with Crippen LogP contribution in [0.3, 0.4) is 0 Å². The molecule has 1 heterocycles. The maximum atomic E-state index is 5.93. The van der Waals surface area contributed by atoms with E-state index in [4.69, 9.17) is 5.73 Å². The largest absolute Gasteiger partial charge is 0.328 e. The molecule has 0 bridgehead atoms. The Bertz CT molecular complexity index is 195. The standard InChI is InChI=1S/C12H25N3/c1-2-15-7-3-4-12(9-15)14-11-6-5-10(13)8-11/h10-12,14H,2-9,13H2,1H3. The Balaban J connectivity index is 1.74. The minimum Gasteiger partial charge on any atom is -0.328 e. The summed E-state index contributed by atoms with van der Waals surface area (Å²) < 4.78 is 0. The average Bonchev–Trinajstić information content (AvgIpc) is 2.64. The number of piperidine rings is 1. The maximum absolute atomic E-state index is 5.93. The van der Waals surface area contributed by atoms with Crippen molar-refractivity contribution in [3.8, 4) is 0 Å². The van der Waals surface area contributed by atoms with Gasteiger partial charge in [-0.1, -0.05) is 6.92 Å². The van der Waals surface area contributed by atoms with E-state index < -0.39 is 0 Å². The Morgan fingerprint density at radius 1 is 1.27 bits per heavy atom. The van der Waals surface area contributed by atoms with E-state index >= 15 is 0 Å². The molecule has 1 saturated carbocycles. The van der Waals surface area contributed by atoms with Gasteiger partial charge in [0.1, 0.15) is 0 Å². The molecule has 1 aliphatic carbocycles. The predicted molar refractivity (Wildman–Crippen MR) is 63.9 cm³/mol. The van der Waals surface area contributed by atoms with Crippen molar-refractivity contribution in [1.82, 2.24) is 10.2 Å². The van der Waals surface area contributed by atoms with Crippen molar-refractivity contribution in [2.75, 3.05) is 19.6 Å². The van der Waals surface area contributed by atoms with Crippen molar-refractivity contribution in [1.29, 1.82) is 0 Å². The first kappa shape index (κ1) is 11.4. The highest BCUT2D eigenvalue weighted by molar-refractivity contribution is 4.87. The van der Waals surface area contributed by atoms with Crippen molar-refractivity contribution in [3.63, 3.8) is 0 Å². The van der Waals surface area contributed by atoms with E-state index in [1.54, 1.807) is 0 Å². The van der Waals surface area contributed by atoms with Gasteiger partial charge in [-0.2, -0.15) is 0 Å². The van der Waals surface area contributed by atoms with E-state index in [9.17, 15) is 0 Å². The van der Waals surface area contributed by atoms with Gasteiger partial charge in [0.15, 0.2) is 0 Å². The molecule has 0 aromatic carbocycles. The van der Waals surface area contributed by atoms with Crippen LogP contribution in [-0.4, -0.2) is 42.7 Å². The Labute approximate surface area is 93.4 Å². The van der Waals surface area contributed by atoms with Crippen LogP contribution in [0.25, 0.3) is 0 Å². The molecule has 15 heavy (non-hydrogen) atoms. The van der Waals surface area contributed by atoms with Gasteiger partial charge in [0.2, 0.25) is 0 Å². The minimum absolute atomic E-state index is 0.452. The van der Waals surface area contributed by atoms with Gasteiger partial charge in [-0.15, -0.1) is 0 Å². The summed E-state index contributed by atoms with van der Waals surface area (Å²) in [5.41, 5.74) is 5.93. The summed E-state index contributed by atoms with van der Waals surface area (Å²) in [6.07, 6.45) is 6.38. The Morgan fingerprint density at radius 2 is 2.13 bits per heavy atom. The van der Waals surface area contributed by atoms with E-state index in [1.165, 1.54) is 51.7 Å². The van der Waals surface area contributed by atoms with E-state index in [2.05, 4.69) is 17.1 Å². The van der Waals surface area contributed by atoms with Crippen LogP contribution in [0.4, 0.5) is 0 Å². The number of likely N-dealkylation sites (N-methyl/N-ethyl adjacent to an activating group) is 1. The molecule has 88 valence electrons. The summed E-state index contributed by atoms with van der Waals surface area (Å²) >= 11 is 0. The number of hydrogen-bond acceptors (Lipinski definition) is 3. The topological polar surface area (TPSA) is 41.3 Å². The third kappa shape index (κ3) is 3.16. The number of rotatable bonds is 3. The third-order valence-electron chi connectivity index (χ3n) is 3.90. The number of likely N-dealkylation sites (tertiary alicyclic amines) is 1. The fraction of sp³-hybridized carbons (Fsp3) is 1.00. The second-order valence-corrected chi connectivity index (χ2v) is 5.17. The van der Waals surface area contributed by atoms with Crippen LogP contribution in [0.15, 0.2) is 0 Å². The monoisotopic (exact) mass is 211 g/mol. The van der Waals surface area contributed by atoms with Gasteiger partial charge in [-0.25, -0.2) is 0 Å². The van der Waals surface area contributed by atoms with Crippen molar-refractivity contribution in [2.45, 2.75) is 57.2 Å². The first-order chi connectivity index (χ1) is 7.28. The molecule has 0 radical (unpaired) electrons. The molecule has 3 N–H and O–H groups in total. The first-order valence-corrected chi connectivity index (χ1v) is 6.52. The first-order valence-electron chi connectivity index (χ1n) is 6.52. The highest BCUT2D eigenvalue weighted by atomic mass is 15.2. The van der Waals surface area contributed by atoms with Crippen LogP contribution in [0.1, 0.15) is 39.0 Å². The molecule has 3 heteroatoms. The van der Waals surface area contributed by atoms with Gasteiger partial charge in [-0.3, -0.25) is 0 Å². The minimum atomic E-state index is 0.452. The van der Waals surface area contributed by atoms with Crippen molar-refractivity contribution < 1.29 is 0 Å². The fourth-order valence-electron chi connectivity index (χ4n) is 2.98. The number of nitrogens with one attached hydrogen (secondary N) is 1. The second-order valence-electron chi connectivity index (χ2n) is 5.17. The summed E-state index contributed by atoms with van der Waals surface area (Å²) in [5, 5.41) is 3.79. The molecule has 2 aliphatic rings. The molecule has 0 aromatic rings. The quantitative estimate of drug-likeness (QED) is 0.730. The van der Waals surface area contributed by atoms with Crippen LogP contribution in [-0.2, 0) is 0 Å². The molecule has 0 amide bonds. The molecular formula is C12H25N3. The molecule has 1 saturated heterocycles. The SMILES string of the molecule is CCN1CCCC(NC2CCC(N)C2)C1. The van der Waals surface area contributed by atoms with Crippen molar-refractivity contribution in [2.24, 2.45) is 5.73 Å². The lowest BCUT2D eigenvalue weighted by atomic mass is 10.0. The molecular weight excluding hydrogens is 186 g/mol. The van der Waals surface area contributed by atoms with Gasteiger partial charge < -0.3 is 16.0 Å². The van der Waals surface area contributed by atoms with Crippen LogP contribution in [0.2, 0.25) is 0 Å². The average molecular weight is 211 g/mol. The normalized spacial score (nSPS) is 38.4.